The molecule has 0 radical (unpaired) electrons. The molecule has 2 fully saturated rings. The molecule has 3 rings (SSSR count). The highest BCUT2D eigenvalue weighted by Gasteiger charge is 2.73. The van der Waals surface area contributed by atoms with Crippen LogP contribution in [-0.2, 0) is 19.1 Å². The zero-order valence-corrected chi connectivity index (χ0v) is 15.4. The van der Waals surface area contributed by atoms with Crippen LogP contribution in [-0.4, -0.2) is 37.4 Å². The van der Waals surface area contributed by atoms with Crippen LogP contribution in [0.2, 0.25) is 0 Å². The van der Waals surface area contributed by atoms with Crippen molar-refractivity contribution in [1.29, 1.82) is 0 Å². The Morgan fingerprint density at radius 3 is 2.65 bits per heavy atom. The van der Waals surface area contributed by atoms with Gasteiger partial charge in [-0.3, -0.25) is 14.9 Å². The summed E-state index contributed by atoms with van der Waals surface area (Å²) in [7, 11) is 1.32. The molecule has 0 saturated heterocycles. The van der Waals surface area contributed by atoms with Gasteiger partial charge in [-0.2, -0.15) is 0 Å². The van der Waals surface area contributed by atoms with E-state index in [0.717, 1.165) is 5.56 Å². The van der Waals surface area contributed by atoms with Gasteiger partial charge < -0.3 is 9.47 Å². The van der Waals surface area contributed by atoms with Crippen molar-refractivity contribution < 1.29 is 23.5 Å². The molecule has 5 nitrogen and oxygen atoms in total. The minimum Gasteiger partial charge on any atom is -0.469 e. The highest BCUT2D eigenvalue weighted by molar-refractivity contribution is 5.84. The van der Waals surface area contributed by atoms with Gasteiger partial charge in [0, 0.05) is 18.9 Å². The molecule has 1 aromatic rings. The number of fused-ring (bicyclic) bond motifs is 1. The van der Waals surface area contributed by atoms with Crippen LogP contribution in [0.15, 0.2) is 30.3 Å². The number of esters is 2. The zero-order valence-electron chi connectivity index (χ0n) is 15.4. The topological polar surface area (TPSA) is 64.6 Å². The molecule has 0 bridgehead atoms. The molecular formula is C20H26FNO4. The van der Waals surface area contributed by atoms with Crippen molar-refractivity contribution in [3.63, 3.8) is 0 Å². The monoisotopic (exact) mass is 363 g/mol. The summed E-state index contributed by atoms with van der Waals surface area (Å²) in [6.45, 7) is 3.93. The first-order valence-electron chi connectivity index (χ1n) is 9.15. The van der Waals surface area contributed by atoms with Crippen LogP contribution in [0.3, 0.4) is 0 Å². The molecule has 1 N–H and O–H groups in total. The van der Waals surface area contributed by atoms with Crippen LogP contribution in [0.5, 0.6) is 0 Å². The third kappa shape index (κ3) is 3.22. The normalized spacial score (nSPS) is 33.2. The number of rotatable bonds is 7. The Morgan fingerprint density at radius 1 is 1.35 bits per heavy atom. The van der Waals surface area contributed by atoms with E-state index in [4.69, 9.17) is 9.47 Å². The molecule has 0 heterocycles. The molecule has 26 heavy (non-hydrogen) atoms. The Balaban J connectivity index is 1.85. The summed E-state index contributed by atoms with van der Waals surface area (Å²) >= 11 is 0. The average Bonchev–Trinajstić information content (AvgIpc) is 3.27. The summed E-state index contributed by atoms with van der Waals surface area (Å²) in [6, 6.07) is 9.57. The molecule has 6 heteroatoms. The van der Waals surface area contributed by atoms with Crippen molar-refractivity contribution in [2.75, 3.05) is 13.7 Å². The maximum atomic E-state index is 14.7. The van der Waals surface area contributed by atoms with Gasteiger partial charge in [0.05, 0.1) is 13.7 Å². The van der Waals surface area contributed by atoms with E-state index in [-0.39, 0.29) is 49.2 Å². The second kappa shape index (κ2) is 7.35. The smallest absolute Gasteiger partial charge is 0.326 e. The lowest BCUT2D eigenvalue weighted by Gasteiger charge is -2.34. The highest BCUT2D eigenvalue weighted by Crippen LogP contribution is 2.65. The molecule has 0 aliphatic heterocycles. The van der Waals surface area contributed by atoms with Crippen LogP contribution in [0.1, 0.15) is 38.3 Å². The predicted octanol–water partition coefficient (Wildman–Crippen LogP) is 2.81. The number of carbonyl (C=O) groups excluding carboxylic acids is 2. The maximum Gasteiger partial charge on any atom is 0.326 e. The number of benzene rings is 1. The number of ether oxygens (including phenoxy) is 2. The second-order valence-electron chi connectivity index (χ2n) is 7.24. The summed E-state index contributed by atoms with van der Waals surface area (Å²) in [5.74, 6) is -1.53. The fraction of sp³-hybridized carbons (Fsp3) is 0.600. The van der Waals surface area contributed by atoms with Gasteiger partial charge in [-0.15, -0.1) is 0 Å². The van der Waals surface area contributed by atoms with E-state index >= 15 is 0 Å². The van der Waals surface area contributed by atoms with Gasteiger partial charge in [-0.1, -0.05) is 30.3 Å². The number of alkyl halides is 1. The Labute approximate surface area is 153 Å². The van der Waals surface area contributed by atoms with Crippen LogP contribution in [0.25, 0.3) is 0 Å². The van der Waals surface area contributed by atoms with Crippen molar-refractivity contribution in [2.45, 2.75) is 44.4 Å². The van der Waals surface area contributed by atoms with E-state index in [0.29, 0.717) is 0 Å². The minimum absolute atomic E-state index is 0.0794. The van der Waals surface area contributed by atoms with Gasteiger partial charge in [0.25, 0.3) is 0 Å². The van der Waals surface area contributed by atoms with Gasteiger partial charge in [-0.05, 0) is 37.2 Å². The second-order valence-corrected chi connectivity index (χ2v) is 7.24. The third-order valence-electron chi connectivity index (χ3n) is 5.78. The summed E-state index contributed by atoms with van der Waals surface area (Å²) in [5, 5.41) is 3.37. The van der Waals surface area contributed by atoms with E-state index < -0.39 is 17.7 Å². The fourth-order valence-electron chi connectivity index (χ4n) is 4.61. The van der Waals surface area contributed by atoms with Crippen LogP contribution in [0, 0.1) is 17.8 Å². The van der Waals surface area contributed by atoms with Crippen LogP contribution < -0.4 is 5.32 Å². The third-order valence-corrected chi connectivity index (χ3v) is 5.78. The molecule has 6 atom stereocenters. The fourth-order valence-corrected chi connectivity index (χ4v) is 4.61. The SMILES string of the molecule is CCOC(=O)[C@]1(N[C@H](C)c2ccccc2)C[C@@H](F)[C@H]2[C@H](CC(=O)OC)[C@H]21. The number of hydrogen-bond donors (Lipinski definition) is 1. The van der Waals surface area contributed by atoms with Crippen molar-refractivity contribution in [3.8, 4) is 0 Å². The van der Waals surface area contributed by atoms with E-state index in [1.807, 2.05) is 37.3 Å². The van der Waals surface area contributed by atoms with Crippen LogP contribution in [0.4, 0.5) is 4.39 Å². The first-order valence-corrected chi connectivity index (χ1v) is 9.15. The summed E-state index contributed by atoms with van der Waals surface area (Å²) < 4.78 is 24.7. The number of methoxy groups -OCH3 is 1. The Hall–Kier alpha value is -1.95. The summed E-state index contributed by atoms with van der Waals surface area (Å²) in [4.78, 5) is 24.5. The molecule has 0 unspecified atom stereocenters. The highest BCUT2D eigenvalue weighted by atomic mass is 19.1. The quantitative estimate of drug-likeness (QED) is 0.755. The lowest BCUT2D eigenvalue weighted by molar-refractivity contribution is -0.153. The van der Waals surface area contributed by atoms with E-state index in [1.54, 1.807) is 6.92 Å². The number of halogens is 1. The molecule has 142 valence electrons. The maximum absolute atomic E-state index is 14.7. The van der Waals surface area contributed by atoms with Gasteiger partial charge in [0.2, 0.25) is 0 Å². The van der Waals surface area contributed by atoms with Crippen molar-refractivity contribution in [3.05, 3.63) is 35.9 Å². The van der Waals surface area contributed by atoms with Crippen molar-refractivity contribution in [2.24, 2.45) is 17.8 Å². The number of carbonyl (C=O) groups is 2. The molecule has 1 aromatic carbocycles. The zero-order chi connectivity index (χ0) is 18.9. The first kappa shape index (κ1) is 18.8. The summed E-state index contributed by atoms with van der Waals surface area (Å²) in [6.07, 6.45) is -0.917. The largest absolute Gasteiger partial charge is 0.469 e. The van der Waals surface area contributed by atoms with E-state index in [9.17, 15) is 14.0 Å². The molecule has 0 spiro atoms. The lowest BCUT2D eigenvalue weighted by atomic mass is 9.87. The minimum atomic E-state index is -1.13. The molecule has 2 aliphatic carbocycles. The van der Waals surface area contributed by atoms with E-state index in [1.165, 1.54) is 7.11 Å². The van der Waals surface area contributed by atoms with Crippen LogP contribution >= 0.6 is 0 Å². The Bertz CT molecular complexity index is 667. The standard InChI is InChI=1S/C20H26FNO4/c1-4-26-19(24)20(22-12(2)13-8-6-5-7-9-13)11-15(21)17-14(18(17)20)10-16(23)25-3/h5-9,12,14-15,17-18,22H,4,10-11H2,1-3H3/t12-,14+,15-,17-,18-,20+/m1/s1. The van der Waals surface area contributed by atoms with E-state index in [2.05, 4.69) is 5.32 Å². The first-order chi connectivity index (χ1) is 12.4. The number of nitrogens with one attached hydrogen (secondary N) is 1. The van der Waals surface area contributed by atoms with Gasteiger partial charge in [0.1, 0.15) is 11.7 Å². The predicted molar refractivity (Wildman–Crippen MR) is 94.0 cm³/mol. The number of hydrogen-bond acceptors (Lipinski definition) is 5. The average molecular weight is 363 g/mol. The molecule has 2 saturated carbocycles. The lowest BCUT2D eigenvalue weighted by Crippen LogP contribution is -2.55. The van der Waals surface area contributed by atoms with Crippen molar-refractivity contribution in [1.82, 2.24) is 5.32 Å². The molecular weight excluding hydrogens is 337 g/mol. The Morgan fingerprint density at radius 2 is 2.04 bits per heavy atom. The molecule has 0 aromatic heterocycles. The summed E-state index contributed by atoms with van der Waals surface area (Å²) in [5.41, 5.74) is -0.0891. The van der Waals surface area contributed by atoms with Gasteiger partial charge in [0.15, 0.2) is 0 Å². The van der Waals surface area contributed by atoms with Gasteiger partial charge in [-0.25, -0.2) is 4.39 Å². The van der Waals surface area contributed by atoms with Crippen molar-refractivity contribution >= 4 is 11.9 Å². The van der Waals surface area contributed by atoms with Gasteiger partial charge >= 0.3 is 11.9 Å². The molecule has 2 aliphatic rings. The molecule has 0 amide bonds. The Kier molecular flexibility index (Phi) is 5.32.